The van der Waals surface area contributed by atoms with E-state index in [0.717, 1.165) is 0 Å². The van der Waals surface area contributed by atoms with E-state index in [9.17, 15) is 4.79 Å². The van der Waals surface area contributed by atoms with E-state index in [1.54, 1.807) is 0 Å². The minimum atomic E-state index is -0.987. The lowest BCUT2D eigenvalue weighted by Gasteiger charge is -2.35. The van der Waals surface area contributed by atoms with Gasteiger partial charge in [-0.3, -0.25) is 0 Å². The van der Waals surface area contributed by atoms with E-state index in [0.29, 0.717) is 11.9 Å². The molecule has 1 heterocycles. The lowest BCUT2D eigenvalue weighted by molar-refractivity contribution is -0.0685. The fraction of sp³-hybridized carbons (Fsp3) is 0.800. The van der Waals surface area contributed by atoms with Gasteiger partial charge in [-0.25, -0.2) is 4.79 Å². The monoisotopic (exact) mass is 209 g/mol. The van der Waals surface area contributed by atoms with Crippen molar-refractivity contribution in [3.63, 3.8) is 0 Å². The largest absolute Gasteiger partial charge is 0.465 e. The molecule has 0 saturated carbocycles. The predicted molar refractivity (Wildman–Crippen MR) is 38.5 cm³/mol. The molecule has 0 unspecified atom stereocenters. The number of hydrogen-bond acceptors (Lipinski definition) is 2. The molecule has 0 spiro atoms. The van der Waals surface area contributed by atoms with Gasteiger partial charge in [0.1, 0.15) is 0 Å². The number of ether oxygens (including phenoxy) is 1. The molecule has 2 N–H and O–H groups in total. The maximum Gasteiger partial charge on any atom is 0.405 e. The van der Waals surface area contributed by atoms with Gasteiger partial charge < -0.3 is 15.2 Å². The molecule has 1 aliphatic heterocycles. The zero-order chi connectivity index (χ0) is 7.56. The number of amides is 1. The topological polar surface area (TPSA) is 58.6 Å². The average molecular weight is 210 g/mol. The fourth-order valence-electron chi connectivity index (χ4n) is 0.774. The molecule has 0 aromatic rings. The van der Waals surface area contributed by atoms with Crippen LogP contribution in [0.4, 0.5) is 4.79 Å². The molecule has 0 bridgehead atoms. The van der Waals surface area contributed by atoms with Crippen LogP contribution in [0, 0.1) is 0 Å². The summed E-state index contributed by atoms with van der Waals surface area (Å²) >= 11 is 3.20. The van der Waals surface area contributed by atoms with Gasteiger partial charge in [-0.1, -0.05) is 15.9 Å². The Morgan fingerprint density at radius 3 is 2.90 bits per heavy atom. The molecule has 0 aromatic carbocycles. The highest BCUT2D eigenvalue weighted by Gasteiger charge is 2.32. The van der Waals surface area contributed by atoms with Crippen LogP contribution in [0.5, 0.6) is 0 Å². The van der Waals surface area contributed by atoms with Gasteiger partial charge in [-0.15, -0.1) is 0 Å². The zero-order valence-electron chi connectivity index (χ0n) is 5.21. The van der Waals surface area contributed by atoms with Crippen molar-refractivity contribution < 1.29 is 14.6 Å². The van der Waals surface area contributed by atoms with Crippen molar-refractivity contribution in [2.24, 2.45) is 0 Å². The van der Waals surface area contributed by atoms with Crippen molar-refractivity contribution in [1.82, 2.24) is 5.32 Å². The fourth-order valence-corrected chi connectivity index (χ4v) is 1.41. The summed E-state index contributed by atoms with van der Waals surface area (Å²) in [5.41, 5.74) is 0. The third-order valence-electron chi connectivity index (χ3n) is 1.40. The van der Waals surface area contributed by atoms with Crippen LogP contribution in [0.25, 0.3) is 0 Å². The number of carboxylic acid groups (broad SMARTS) is 1. The molecule has 10 heavy (non-hydrogen) atoms. The van der Waals surface area contributed by atoms with Gasteiger partial charge in [-0.05, 0) is 0 Å². The summed E-state index contributed by atoms with van der Waals surface area (Å²) < 4.78 is 5.02. The molecule has 1 saturated heterocycles. The van der Waals surface area contributed by atoms with Crippen LogP contribution in [0.15, 0.2) is 0 Å². The van der Waals surface area contributed by atoms with Crippen molar-refractivity contribution in [2.45, 2.75) is 12.1 Å². The first-order chi connectivity index (χ1) is 4.74. The Balaban J connectivity index is 2.23. The van der Waals surface area contributed by atoms with Crippen LogP contribution in [0.2, 0.25) is 0 Å². The van der Waals surface area contributed by atoms with E-state index in [1.165, 1.54) is 0 Å². The first-order valence-corrected chi connectivity index (χ1v) is 4.03. The minimum absolute atomic E-state index is 0.0103. The summed E-state index contributed by atoms with van der Waals surface area (Å²) in [6, 6.07) is -0.0307. The summed E-state index contributed by atoms with van der Waals surface area (Å²) in [4.78, 5) is 10.1. The van der Waals surface area contributed by atoms with E-state index in [2.05, 4.69) is 21.2 Å². The second kappa shape index (κ2) is 3.21. The van der Waals surface area contributed by atoms with Crippen molar-refractivity contribution in [2.75, 3.05) is 11.9 Å². The first-order valence-electron chi connectivity index (χ1n) is 2.91. The number of rotatable bonds is 2. The molecule has 0 radical (unpaired) electrons. The van der Waals surface area contributed by atoms with Gasteiger partial charge >= 0.3 is 6.09 Å². The van der Waals surface area contributed by atoms with E-state index in [4.69, 9.17) is 9.84 Å². The van der Waals surface area contributed by atoms with E-state index in [-0.39, 0.29) is 12.1 Å². The number of carbonyl (C=O) groups is 1. The van der Waals surface area contributed by atoms with Gasteiger partial charge in [-0.2, -0.15) is 0 Å². The molecule has 2 atom stereocenters. The Labute approximate surface area is 66.7 Å². The lowest BCUT2D eigenvalue weighted by atomic mass is 10.1. The average Bonchev–Trinajstić information content (AvgIpc) is 1.82. The van der Waals surface area contributed by atoms with Crippen LogP contribution in [0.1, 0.15) is 0 Å². The highest BCUT2D eigenvalue weighted by Crippen LogP contribution is 2.14. The van der Waals surface area contributed by atoms with Crippen molar-refractivity contribution in [3.8, 4) is 0 Å². The van der Waals surface area contributed by atoms with Gasteiger partial charge in [0.15, 0.2) is 0 Å². The molecule has 1 rings (SSSR count). The van der Waals surface area contributed by atoms with Crippen molar-refractivity contribution in [3.05, 3.63) is 0 Å². The maximum atomic E-state index is 10.1. The Morgan fingerprint density at radius 2 is 2.60 bits per heavy atom. The van der Waals surface area contributed by atoms with Crippen LogP contribution in [-0.4, -0.2) is 35.3 Å². The summed E-state index contributed by atoms with van der Waals surface area (Å²) in [6.45, 7) is 0.489. The van der Waals surface area contributed by atoms with Crippen molar-refractivity contribution in [1.29, 1.82) is 0 Å². The van der Waals surface area contributed by atoms with Gasteiger partial charge in [0.2, 0.25) is 0 Å². The molecule has 5 heteroatoms. The Kier molecular flexibility index (Phi) is 2.50. The van der Waals surface area contributed by atoms with Crippen LogP contribution < -0.4 is 5.32 Å². The molecule has 0 aromatic heterocycles. The third-order valence-corrected chi connectivity index (χ3v) is 2.04. The minimum Gasteiger partial charge on any atom is -0.465 e. The highest BCUT2D eigenvalue weighted by atomic mass is 79.9. The molecule has 0 aliphatic carbocycles. The van der Waals surface area contributed by atoms with E-state index < -0.39 is 6.09 Å². The summed E-state index contributed by atoms with van der Waals surface area (Å²) in [5, 5.41) is 11.3. The van der Waals surface area contributed by atoms with Gasteiger partial charge in [0.05, 0.1) is 18.8 Å². The maximum absolute atomic E-state index is 10.1. The standard InChI is InChI=1S/C5H8BrNO3/c6-1-4-3(2-10-4)7-5(8)9/h3-4,7H,1-2H2,(H,8,9)/t3-,4-/m0/s1. The first kappa shape index (κ1) is 7.81. The Morgan fingerprint density at radius 1 is 1.90 bits per heavy atom. The van der Waals surface area contributed by atoms with Crippen molar-refractivity contribution >= 4 is 22.0 Å². The summed E-state index contributed by atoms with van der Waals surface area (Å²) in [6.07, 6.45) is -0.977. The molecule has 1 amide bonds. The second-order valence-electron chi connectivity index (χ2n) is 2.08. The molecule has 58 valence electrons. The van der Waals surface area contributed by atoms with Gasteiger partial charge in [0, 0.05) is 5.33 Å². The number of alkyl halides is 1. The molecule has 4 nitrogen and oxygen atoms in total. The smallest absolute Gasteiger partial charge is 0.405 e. The quantitative estimate of drug-likeness (QED) is 0.649. The zero-order valence-corrected chi connectivity index (χ0v) is 6.80. The van der Waals surface area contributed by atoms with Gasteiger partial charge in [0.25, 0.3) is 0 Å². The molecule has 1 fully saturated rings. The summed E-state index contributed by atoms with van der Waals surface area (Å²) in [5.74, 6) is 0. The van der Waals surface area contributed by atoms with Crippen LogP contribution >= 0.6 is 15.9 Å². The summed E-state index contributed by atoms with van der Waals surface area (Å²) in [7, 11) is 0. The molecular weight excluding hydrogens is 202 g/mol. The normalized spacial score (nSPS) is 30.9. The second-order valence-corrected chi connectivity index (χ2v) is 2.73. The Bertz CT molecular complexity index is 139. The third kappa shape index (κ3) is 1.60. The highest BCUT2D eigenvalue weighted by molar-refractivity contribution is 9.09. The molecule has 1 aliphatic rings. The van der Waals surface area contributed by atoms with E-state index >= 15 is 0 Å². The van der Waals surface area contributed by atoms with Crippen LogP contribution in [0.3, 0.4) is 0 Å². The number of nitrogens with one attached hydrogen (secondary N) is 1. The Hall–Kier alpha value is -0.290. The number of halogens is 1. The predicted octanol–water partition coefficient (Wildman–Crippen LogP) is 0.416. The van der Waals surface area contributed by atoms with Crippen LogP contribution in [-0.2, 0) is 4.74 Å². The SMILES string of the molecule is O=C(O)N[C@H]1CO[C@H]1CBr. The number of hydrogen-bond donors (Lipinski definition) is 2. The van der Waals surface area contributed by atoms with E-state index in [1.807, 2.05) is 0 Å². The lowest BCUT2D eigenvalue weighted by Crippen LogP contribution is -2.56. The molecular formula is C5H8BrNO3.